The lowest BCUT2D eigenvalue weighted by atomic mass is 10.2. The van der Waals surface area contributed by atoms with Gasteiger partial charge < -0.3 is 4.90 Å². The van der Waals surface area contributed by atoms with Crippen LogP contribution in [0.15, 0.2) is 47.1 Å². The first-order valence-electron chi connectivity index (χ1n) is 5.68. The zero-order valence-electron chi connectivity index (χ0n) is 10.3. The molecule has 0 saturated heterocycles. The highest BCUT2D eigenvalue weighted by atomic mass is 79.9. The van der Waals surface area contributed by atoms with E-state index in [4.69, 9.17) is 11.6 Å². The normalized spacial score (nSPS) is 10.3. The first-order chi connectivity index (χ1) is 9.08. The Hall–Kier alpha value is -1.39. The molecule has 0 aliphatic rings. The van der Waals surface area contributed by atoms with Crippen molar-refractivity contribution in [3.63, 3.8) is 0 Å². The van der Waals surface area contributed by atoms with E-state index >= 15 is 0 Å². The molecule has 0 aliphatic heterocycles. The van der Waals surface area contributed by atoms with Gasteiger partial charge in [0.2, 0.25) is 0 Å². The van der Waals surface area contributed by atoms with Crippen LogP contribution in [0, 0.1) is 0 Å². The van der Waals surface area contributed by atoms with Gasteiger partial charge in [0, 0.05) is 29.8 Å². The third-order valence-electron chi connectivity index (χ3n) is 2.69. The molecule has 0 spiro atoms. The van der Waals surface area contributed by atoms with Crippen LogP contribution in [0.5, 0.6) is 0 Å². The molecule has 1 aromatic heterocycles. The minimum atomic E-state index is -0.0833. The van der Waals surface area contributed by atoms with Gasteiger partial charge in [-0.15, -0.1) is 0 Å². The lowest BCUT2D eigenvalue weighted by Gasteiger charge is -2.18. The summed E-state index contributed by atoms with van der Waals surface area (Å²) < 4.78 is 0.988. The van der Waals surface area contributed by atoms with Crippen LogP contribution in [0.25, 0.3) is 0 Å². The van der Waals surface area contributed by atoms with Crippen LogP contribution in [0.4, 0.5) is 0 Å². The summed E-state index contributed by atoms with van der Waals surface area (Å²) in [7, 11) is 1.76. The number of aromatic nitrogens is 1. The number of amides is 1. The second kappa shape index (κ2) is 6.17. The van der Waals surface area contributed by atoms with Crippen molar-refractivity contribution in [3.05, 3.63) is 63.3 Å². The lowest BCUT2D eigenvalue weighted by Crippen LogP contribution is -2.26. The molecule has 0 N–H and O–H groups in total. The van der Waals surface area contributed by atoms with Gasteiger partial charge in [0.05, 0.1) is 0 Å². The Balaban J connectivity index is 2.14. The topological polar surface area (TPSA) is 33.2 Å². The summed E-state index contributed by atoms with van der Waals surface area (Å²) in [5.74, 6) is -0.0833. The largest absolute Gasteiger partial charge is 0.337 e. The Morgan fingerprint density at radius 2 is 2.11 bits per heavy atom. The highest BCUT2D eigenvalue weighted by molar-refractivity contribution is 9.10. The standard InChI is InChI=1S/C14H12BrClN2O/c1-18(9-11-4-2-3-5-12(11)15)14(19)10-6-7-17-13(16)8-10/h2-8H,9H2,1H3. The minimum Gasteiger partial charge on any atom is -0.337 e. The molecule has 0 unspecified atom stereocenters. The molecule has 5 heteroatoms. The van der Waals surface area contributed by atoms with Crippen LogP contribution >= 0.6 is 27.5 Å². The van der Waals surface area contributed by atoms with Crippen molar-refractivity contribution in [1.82, 2.24) is 9.88 Å². The van der Waals surface area contributed by atoms with Gasteiger partial charge in [0.25, 0.3) is 5.91 Å². The number of halogens is 2. The molecule has 0 fully saturated rings. The van der Waals surface area contributed by atoms with Crippen LogP contribution in [0.2, 0.25) is 5.15 Å². The number of hydrogen-bond acceptors (Lipinski definition) is 2. The van der Waals surface area contributed by atoms with E-state index in [0.29, 0.717) is 17.3 Å². The molecule has 0 saturated carbocycles. The molecule has 0 aliphatic carbocycles. The van der Waals surface area contributed by atoms with Crippen molar-refractivity contribution in [1.29, 1.82) is 0 Å². The lowest BCUT2D eigenvalue weighted by molar-refractivity contribution is 0.0784. The number of nitrogens with zero attached hydrogens (tertiary/aromatic N) is 2. The molecule has 1 aromatic carbocycles. The summed E-state index contributed by atoms with van der Waals surface area (Å²) in [5.41, 5.74) is 1.59. The maximum absolute atomic E-state index is 12.2. The molecule has 0 bridgehead atoms. The van der Waals surface area contributed by atoms with E-state index in [-0.39, 0.29) is 5.91 Å². The summed E-state index contributed by atoms with van der Waals surface area (Å²) in [6, 6.07) is 11.1. The van der Waals surface area contributed by atoms with Gasteiger partial charge in [-0.05, 0) is 23.8 Å². The van der Waals surface area contributed by atoms with Crippen LogP contribution < -0.4 is 0 Å². The van der Waals surface area contributed by atoms with Crippen molar-refractivity contribution in [2.45, 2.75) is 6.54 Å². The maximum atomic E-state index is 12.2. The molecule has 1 amide bonds. The first-order valence-corrected chi connectivity index (χ1v) is 6.85. The minimum absolute atomic E-state index is 0.0833. The predicted molar refractivity (Wildman–Crippen MR) is 79.2 cm³/mol. The average molecular weight is 340 g/mol. The van der Waals surface area contributed by atoms with Crippen molar-refractivity contribution >= 4 is 33.4 Å². The highest BCUT2D eigenvalue weighted by Crippen LogP contribution is 2.18. The zero-order chi connectivity index (χ0) is 13.8. The number of carbonyl (C=O) groups is 1. The molecule has 2 aromatic rings. The van der Waals surface area contributed by atoms with Gasteiger partial charge in [-0.1, -0.05) is 45.7 Å². The third kappa shape index (κ3) is 3.55. The van der Waals surface area contributed by atoms with Crippen molar-refractivity contribution < 1.29 is 4.79 Å². The molecule has 1 heterocycles. The number of benzene rings is 1. The SMILES string of the molecule is CN(Cc1ccccc1Br)C(=O)c1ccnc(Cl)c1. The summed E-state index contributed by atoms with van der Waals surface area (Å²) >= 11 is 9.26. The summed E-state index contributed by atoms with van der Waals surface area (Å²) in [6.45, 7) is 0.528. The second-order valence-electron chi connectivity index (χ2n) is 4.12. The number of hydrogen-bond donors (Lipinski definition) is 0. The first kappa shape index (κ1) is 14.0. The Bertz CT molecular complexity index is 604. The Labute approximate surface area is 125 Å². The van der Waals surface area contributed by atoms with E-state index in [0.717, 1.165) is 10.0 Å². The Kier molecular flexibility index (Phi) is 4.56. The highest BCUT2D eigenvalue weighted by Gasteiger charge is 2.13. The smallest absolute Gasteiger partial charge is 0.254 e. The van der Waals surface area contributed by atoms with Gasteiger partial charge in [-0.2, -0.15) is 0 Å². The van der Waals surface area contributed by atoms with E-state index in [1.807, 2.05) is 24.3 Å². The maximum Gasteiger partial charge on any atom is 0.254 e. The summed E-state index contributed by atoms with van der Waals surface area (Å²) in [6.07, 6.45) is 1.53. The molecular weight excluding hydrogens is 328 g/mol. The van der Waals surface area contributed by atoms with Gasteiger partial charge in [0.1, 0.15) is 5.15 Å². The van der Waals surface area contributed by atoms with Gasteiger partial charge in [0.15, 0.2) is 0 Å². The molecular formula is C14H12BrClN2O. The van der Waals surface area contributed by atoms with Crippen molar-refractivity contribution in [3.8, 4) is 0 Å². The van der Waals surface area contributed by atoms with E-state index < -0.39 is 0 Å². The van der Waals surface area contributed by atoms with Crippen LogP contribution in [-0.2, 0) is 6.54 Å². The summed E-state index contributed by atoms with van der Waals surface area (Å²) in [5, 5.41) is 0.320. The monoisotopic (exact) mass is 338 g/mol. The second-order valence-corrected chi connectivity index (χ2v) is 5.36. The number of rotatable bonds is 3. The summed E-state index contributed by atoms with van der Waals surface area (Å²) in [4.78, 5) is 17.7. The molecule has 98 valence electrons. The molecule has 3 nitrogen and oxygen atoms in total. The predicted octanol–water partition coefficient (Wildman–Crippen LogP) is 3.77. The van der Waals surface area contributed by atoms with Crippen LogP contribution in [0.1, 0.15) is 15.9 Å². The van der Waals surface area contributed by atoms with Crippen molar-refractivity contribution in [2.75, 3.05) is 7.05 Å². The van der Waals surface area contributed by atoms with Crippen LogP contribution in [0.3, 0.4) is 0 Å². The van der Waals surface area contributed by atoms with Gasteiger partial charge in [-0.25, -0.2) is 4.98 Å². The van der Waals surface area contributed by atoms with E-state index in [1.54, 1.807) is 24.1 Å². The number of pyridine rings is 1. The Morgan fingerprint density at radius 1 is 1.37 bits per heavy atom. The van der Waals surface area contributed by atoms with Gasteiger partial charge in [-0.3, -0.25) is 4.79 Å². The molecule has 2 rings (SSSR count). The fraction of sp³-hybridized carbons (Fsp3) is 0.143. The van der Waals surface area contributed by atoms with E-state index in [1.165, 1.54) is 6.20 Å². The van der Waals surface area contributed by atoms with E-state index in [2.05, 4.69) is 20.9 Å². The quantitative estimate of drug-likeness (QED) is 0.798. The fourth-order valence-electron chi connectivity index (χ4n) is 1.71. The number of carbonyl (C=O) groups excluding carboxylic acids is 1. The van der Waals surface area contributed by atoms with Crippen molar-refractivity contribution in [2.24, 2.45) is 0 Å². The molecule has 19 heavy (non-hydrogen) atoms. The molecule has 0 radical (unpaired) electrons. The zero-order valence-corrected chi connectivity index (χ0v) is 12.6. The fourth-order valence-corrected chi connectivity index (χ4v) is 2.29. The van der Waals surface area contributed by atoms with Gasteiger partial charge >= 0.3 is 0 Å². The van der Waals surface area contributed by atoms with Crippen LogP contribution in [-0.4, -0.2) is 22.8 Å². The van der Waals surface area contributed by atoms with E-state index in [9.17, 15) is 4.79 Å². The molecule has 0 atom stereocenters. The Morgan fingerprint density at radius 3 is 2.79 bits per heavy atom. The third-order valence-corrected chi connectivity index (χ3v) is 3.67. The average Bonchev–Trinajstić information content (AvgIpc) is 2.40.